The first-order valence-electron chi connectivity index (χ1n) is 18.3. The van der Waals surface area contributed by atoms with E-state index in [1.807, 2.05) is 45.9 Å². The molecule has 1 atom stereocenters. The van der Waals surface area contributed by atoms with Gasteiger partial charge in [-0.2, -0.15) is 0 Å². The Morgan fingerprint density at radius 1 is 0.887 bits per heavy atom. The predicted octanol–water partition coefficient (Wildman–Crippen LogP) is 8.01. The summed E-state index contributed by atoms with van der Waals surface area (Å²) in [6, 6.07) is 20.2. The molecule has 2 N–H and O–H groups in total. The third kappa shape index (κ3) is 7.89. The molecule has 0 spiro atoms. The number of anilines is 3. The van der Waals surface area contributed by atoms with Crippen LogP contribution in [-0.4, -0.2) is 59.5 Å². The van der Waals surface area contributed by atoms with Gasteiger partial charge >= 0.3 is 0 Å². The Balaban J connectivity index is 1.13. The number of aryl methyl sites for hydroxylation is 5. The maximum atomic E-state index is 13.2. The maximum Gasteiger partial charge on any atom is 0.255 e. The molecule has 0 aliphatic carbocycles. The zero-order valence-corrected chi connectivity index (χ0v) is 31.4. The third-order valence-corrected chi connectivity index (χ3v) is 10.1. The minimum atomic E-state index is -0.677. The largest absolute Gasteiger partial charge is 0.385 e. The van der Waals surface area contributed by atoms with E-state index in [0.29, 0.717) is 18.5 Å². The van der Waals surface area contributed by atoms with Crippen LogP contribution in [0, 0.1) is 34.6 Å². The summed E-state index contributed by atoms with van der Waals surface area (Å²) in [6.45, 7) is 11.9. The number of benzene rings is 3. The fraction of sp³-hybridized carbons (Fsp3) is 0.357. The number of nitrogens with one attached hydrogen (secondary N) is 2. The first kappa shape index (κ1) is 37.1. The van der Waals surface area contributed by atoms with Gasteiger partial charge in [0.25, 0.3) is 5.91 Å². The summed E-state index contributed by atoms with van der Waals surface area (Å²) in [7, 11) is 1.55. The summed E-state index contributed by atoms with van der Waals surface area (Å²) in [5.74, 6) is 1.17. The highest BCUT2D eigenvalue weighted by Gasteiger charge is 2.35. The second kappa shape index (κ2) is 16.3. The highest BCUT2D eigenvalue weighted by atomic mass is 16.5. The molecule has 2 aromatic heterocycles. The normalized spacial score (nSPS) is 12.9. The molecule has 1 aliphatic heterocycles. The van der Waals surface area contributed by atoms with E-state index in [2.05, 4.69) is 75.2 Å². The van der Waals surface area contributed by atoms with Gasteiger partial charge in [-0.3, -0.25) is 9.59 Å². The van der Waals surface area contributed by atoms with Gasteiger partial charge in [-0.15, -0.1) is 0 Å². The van der Waals surface area contributed by atoms with Crippen molar-refractivity contribution in [1.82, 2.24) is 20.5 Å². The van der Waals surface area contributed by atoms with Crippen molar-refractivity contribution in [2.45, 2.75) is 79.3 Å². The number of fused-ring (bicyclic) bond motifs is 1. The molecule has 0 radical (unpaired) electrons. The molecule has 276 valence electrons. The monoisotopic (exact) mass is 716 g/mol. The lowest BCUT2D eigenvalue weighted by Gasteiger charge is -2.28. The Morgan fingerprint density at radius 2 is 1.57 bits per heavy atom. The van der Waals surface area contributed by atoms with E-state index in [0.717, 1.165) is 106 Å². The summed E-state index contributed by atoms with van der Waals surface area (Å²) in [5.41, 5.74) is 11.8. The maximum absolute atomic E-state index is 13.2. The van der Waals surface area contributed by atoms with Crippen LogP contribution in [0.1, 0.15) is 76.5 Å². The van der Waals surface area contributed by atoms with Gasteiger partial charge in [0.05, 0.1) is 11.4 Å². The number of hydrogen-bond donors (Lipinski definition) is 2. The van der Waals surface area contributed by atoms with Crippen LogP contribution < -0.4 is 15.5 Å². The van der Waals surface area contributed by atoms with Crippen molar-refractivity contribution >= 4 is 35.2 Å². The van der Waals surface area contributed by atoms with E-state index in [9.17, 15) is 14.4 Å². The number of unbranched alkanes of at least 4 members (excludes halogenated alkanes) is 2. The van der Waals surface area contributed by atoms with Crippen molar-refractivity contribution < 1.29 is 23.4 Å². The highest BCUT2D eigenvalue weighted by Crippen LogP contribution is 2.37. The van der Waals surface area contributed by atoms with Crippen molar-refractivity contribution in [3.63, 3.8) is 0 Å². The second-order valence-corrected chi connectivity index (χ2v) is 13.8. The van der Waals surface area contributed by atoms with Gasteiger partial charge in [-0.05, 0) is 119 Å². The standard InChI is InChI=1S/C42H48N6O5/c1-26-12-13-32(40-28(3)46-53-30(40)5)24-38(26)47(35-17-14-31(15-18-35)39-27(2)45-52-29(39)4)21-9-7-8-20-44-34-16-19-36-33(23-34)25-48(42(36)51)37(11-10-22-49)41(50)43-6/h12-19,22-24,37,44H,7-11,20-21,25H2,1-6H3,(H,43,50). The van der Waals surface area contributed by atoms with Crippen LogP contribution in [0.4, 0.5) is 17.1 Å². The zero-order valence-electron chi connectivity index (χ0n) is 31.4. The van der Waals surface area contributed by atoms with E-state index in [1.54, 1.807) is 11.9 Å². The van der Waals surface area contributed by atoms with Gasteiger partial charge in [-0.25, -0.2) is 0 Å². The summed E-state index contributed by atoms with van der Waals surface area (Å²) < 4.78 is 10.9. The van der Waals surface area contributed by atoms with E-state index < -0.39 is 6.04 Å². The van der Waals surface area contributed by atoms with Crippen molar-refractivity contribution in [2.75, 3.05) is 30.4 Å². The minimum Gasteiger partial charge on any atom is -0.385 e. The van der Waals surface area contributed by atoms with E-state index in [-0.39, 0.29) is 18.2 Å². The van der Waals surface area contributed by atoms with Gasteiger partial charge in [0.15, 0.2) is 0 Å². The fourth-order valence-electron chi connectivity index (χ4n) is 7.37. The van der Waals surface area contributed by atoms with Crippen LogP contribution in [0.5, 0.6) is 0 Å². The highest BCUT2D eigenvalue weighted by molar-refractivity contribution is 6.01. The van der Waals surface area contributed by atoms with Crippen LogP contribution in [0.25, 0.3) is 22.3 Å². The van der Waals surface area contributed by atoms with Gasteiger partial charge in [0.1, 0.15) is 23.8 Å². The quantitative estimate of drug-likeness (QED) is 0.0770. The predicted molar refractivity (Wildman–Crippen MR) is 206 cm³/mol. The average molecular weight is 717 g/mol. The van der Waals surface area contributed by atoms with Crippen LogP contribution >= 0.6 is 0 Å². The lowest BCUT2D eigenvalue weighted by Crippen LogP contribution is -2.46. The zero-order chi connectivity index (χ0) is 37.6. The van der Waals surface area contributed by atoms with Gasteiger partial charge in [0, 0.05) is 66.9 Å². The summed E-state index contributed by atoms with van der Waals surface area (Å²) in [6.07, 6.45) is 4.23. The van der Waals surface area contributed by atoms with E-state index in [4.69, 9.17) is 9.05 Å². The Hall–Kier alpha value is -5.71. The van der Waals surface area contributed by atoms with Crippen molar-refractivity contribution in [3.05, 3.63) is 100 Å². The number of hydrogen-bond acceptors (Lipinski definition) is 9. The van der Waals surface area contributed by atoms with Crippen molar-refractivity contribution in [1.29, 1.82) is 0 Å². The molecule has 2 amide bonds. The Bertz CT molecular complexity index is 2060. The van der Waals surface area contributed by atoms with Gasteiger partial charge in [-0.1, -0.05) is 34.6 Å². The number of likely N-dealkylation sites (N-methyl/N-ethyl adjacent to an activating group) is 1. The molecule has 11 heteroatoms. The SMILES string of the molecule is CNC(=O)C(CCC=O)N1Cc2cc(NCCCCCN(c3ccc(-c4c(C)noc4C)cc3)c3cc(-c4c(C)noc4C)ccc3C)ccc2C1=O. The summed E-state index contributed by atoms with van der Waals surface area (Å²) in [5, 5.41) is 14.5. The van der Waals surface area contributed by atoms with E-state index >= 15 is 0 Å². The molecular formula is C42H48N6O5. The topological polar surface area (TPSA) is 134 Å². The molecule has 5 aromatic rings. The lowest BCUT2D eigenvalue weighted by molar-refractivity contribution is -0.125. The van der Waals surface area contributed by atoms with E-state index in [1.165, 1.54) is 5.56 Å². The second-order valence-electron chi connectivity index (χ2n) is 13.8. The van der Waals surface area contributed by atoms with Crippen molar-refractivity contribution in [2.24, 2.45) is 0 Å². The van der Waals surface area contributed by atoms with Gasteiger partial charge in [0.2, 0.25) is 5.91 Å². The number of rotatable bonds is 16. The molecule has 1 unspecified atom stereocenters. The number of amides is 2. The van der Waals surface area contributed by atoms with Crippen LogP contribution in [0.3, 0.4) is 0 Å². The molecule has 11 nitrogen and oxygen atoms in total. The minimum absolute atomic E-state index is 0.179. The smallest absolute Gasteiger partial charge is 0.255 e. The molecule has 3 heterocycles. The number of aldehydes is 1. The van der Waals surface area contributed by atoms with Crippen LogP contribution in [0.2, 0.25) is 0 Å². The first-order chi connectivity index (χ1) is 25.6. The molecule has 0 saturated heterocycles. The number of carbonyl (C=O) groups excluding carboxylic acids is 3. The van der Waals surface area contributed by atoms with Crippen LogP contribution in [-0.2, 0) is 16.1 Å². The summed E-state index contributed by atoms with van der Waals surface area (Å²) >= 11 is 0. The molecule has 0 fully saturated rings. The molecule has 53 heavy (non-hydrogen) atoms. The number of nitrogens with zero attached hydrogens (tertiary/aromatic N) is 4. The first-order valence-corrected chi connectivity index (χ1v) is 18.3. The Kier molecular flexibility index (Phi) is 11.4. The van der Waals surface area contributed by atoms with Crippen molar-refractivity contribution in [3.8, 4) is 22.3 Å². The molecule has 0 saturated carbocycles. The Labute approximate surface area is 310 Å². The molecule has 3 aromatic carbocycles. The molecule has 0 bridgehead atoms. The molecule has 1 aliphatic rings. The fourth-order valence-corrected chi connectivity index (χ4v) is 7.37. The third-order valence-electron chi connectivity index (χ3n) is 10.1. The summed E-state index contributed by atoms with van der Waals surface area (Å²) in [4.78, 5) is 40.7. The molecular weight excluding hydrogens is 668 g/mol. The Morgan fingerprint density at radius 3 is 2.21 bits per heavy atom. The van der Waals surface area contributed by atoms with Gasteiger partial charge < -0.3 is 34.3 Å². The molecule has 6 rings (SSSR count). The number of carbonyl (C=O) groups is 3. The van der Waals surface area contributed by atoms with Crippen LogP contribution in [0.15, 0.2) is 69.7 Å². The lowest BCUT2D eigenvalue weighted by atomic mass is 10.00. The number of aromatic nitrogens is 2. The average Bonchev–Trinajstić information content (AvgIpc) is 3.80.